The normalized spacial score (nSPS) is 13.0. The molecule has 0 bridgehead atoms. The lowest BCUT2D eigenvalue weighted by molar-refractivity contribution is 0.454. The van der Waals surface area contributed by atoms with Crippen LogP contribution in [0.1, 0.15) is 49.9 Å². The summed E-state index contributed by atoms with van der Waals surface area (Å²) in [6, 6.07) is 123. The Labute approximate surface area is 603 Å². The summed E-state index contributed by atoms with van der Waals surface area (Å²) in [6.45, 7) is 9.42. The molecule has 483 valence electrons. The molecule has 2 aliphatic rings. The molecule has 0 unspecified atom stereocenters. The average Bonchev–Trinajstić information content (AvgIpc) is 1.34. The Balaban J connectivity index is 0.000000121. The van der Waals surface area contributed by atoms with Crippen molar-refractivity contribution in [2.75, 3.05) is 0 Å². The van der Waals surface area contributed by atoms with E-state index in [0.717, 1.165) is 23.3 Å². The lowest BCUT2D eigenvalue weighted by atomic mass is 9.80. The van der Waals surface area contributed by atoms with E-state index in [1.165, 1.54) is 175 Å². The molecule has 0 saturated heterocycles. The van der Waals surface area contributed by atoms with Crippen LogP contribution in [0, 0.1) is 0 Å². The number of fused-ring (bicyclic) bond motifs is 16. The van der Waals surface area contributed by atoms with E-state index in [-0.39, 0.29) is 10.8 Å². The molecule has 0 atom stereocenters. The van der Waals surface area contributed by atoms with Crippen LogP contribution in [0.15, 0.2) is 344 Å². The number of hydrogen-bond donors (Lipinski definition) is 1. The average molecular weight is 1370 g/mol. The number of benzene rings is 18. The zero-order valence-electron chi connectivity index (χ0n) is 57.1. The highest BCUT2D eigenvalue weighted by Crippen LogP contribution is 2.55. The van der Waals surface area contributed by atoms with Crippen molar-refractivity contribution >= 4 is 110 Å². The second-order valence-electron chi connectivity index (χ2n) is 28.3. The van der Waals surface area contributed by atoms with E-state index in [9.17, 15) is 0 Å². The molecule has 0 amide bonds. The third-order valence-corrected chi connectivity index (χ3v) is 22.3. The maximum absolute atomic E-state index is 9.12. The van der Waals surface area contributed by atoms with Gasteiger partial charge in [0.05, 0.1) is 0 Å². The van der Waals surface area contributed by atoms with Crippen LogP contribution < -0.4 is 4.65 Å². The van der Waals surface area contributed by atoms with E-state index in [4.69, 9.17) is 9.68 Å². The number of rotatable bonds is 7. The number of halogens is 1. The fourth-order valence-corrected chi connectivity index (χ4v) is 17.6. The zero-order chi connectivity index (χ0) is 68.8. The summed E-state index contributed by atoms with van der Waals surface area (Å²) in [7, 11) is 0.720. The Morgan fingerprint density at radius 2 is 0.578 bits per heavy atom. The highest BCUT2D eigenvalue weighted by molar-refractivity contribution is 9.10. The minimum absolute atomic E-state index is 0.0590. The molecule has 0 aliphatic heterocycles. The minimum Gasteiger partial charge on any atom is -0.537 e. The Morgan fingerprint density at radius 1 is 0.255 bits per heavy atom. The standard InChI is InChI=1S/C49H34.C30H20BO2.C19H15Br/c1-49(2)45-27-25-35(30-44(45)43-26-24-32-13-5-6-17-38(32)48(43)49)34-15-11-16-36(29-34)46-39-18-7-9-20-41(39)47(42-21-10-8-19-40(42)46)37-23-22-31-12-3-4-14-33(31)28-37;32-31-33-24-11-7-10-22(19-24)29-25-12-3-5-14-27(25)30(28-15-6-4-13-26(28)29)23-17-16-20-8-1-2-9-21(20)18-23;1-19(2)17-10-8-13(20)11-16(17)15-9-7-12-5-3-4-6-14(12)18(15)19/h3-30H,1-2H3;1-19,32H;3-11H,1-2H3. The van der Waals surface area contributed by atoms with Gasteiger partial charge in [-0.05, 0) is 235 Å². The van der Waals surface area contributed by atoms with E-state index in [1.807, 2.05) is 18.2 Å². The topological polar surface area (TPSA) is 29.5 Å². The first kappa shape index (κ1) is 62.6. The molecule has 0 heterocycles. The van der Waals surface area contributed by atoms with Gasteiger partial charge in [0.25, 0.3) is 0 Å². The smallest absolute Gasteiger partial charge is 0.537 e. The largest absolute Gasteiger partial charge is 0.569 e. The molecule has 0 saturated carbocycles. The van der Waals surface area contributed by atoms with Gasteiger partial charge in [0.15, 0.2) is 0 Å². The maximum Gasteiger partial charge on any atom is 0.569 e. The third-order valence-electron chi connectivity index (χ3n) is 21.8. The summed E-state index contributed by atoms with van der Waals surface area (Å²) in [6.07, 6.45) is 0. The zero-order valence-corrected chi connectivity index (χ0v) is 58.7. The first-order valence-corrected chi connectivity index (χ1v) is 36.0. The van der Waals surface area contributed by atoms with Crippen LogP contribution in [0.4, 0.5) is 0 Å². The van der Waals surface area contributed by atoms with Crippen molar-refractivity contribution in [3.63, 3.8) is 0 Å². The van der Waals surface area contributed by atoms with Crippen LogP contribution in [-0.2, 0) is 10.8 Å². The van der Waals surface area contributed by atoms with Crippen LogP contribution in [0.2, 0.25) is 0 Å². The second-order valence-corrected chi connectivity index (χ2v) is 29.2. The lowest BCUT2D eigenvalue weighted by Gasteiger charge is -2.23. The Hall–Kier alpha value is -11.7. The summed E-state index contributed by atoms with van der Waals surface area (Å²) in [5, 5.41) is 29.4. The van der Waals surface area contributed by atoms with Gasteiger partial charge in [0.1, 0.15) is 5.75 Å². The summed E-state index contributed by atoms with van der Waals surface area (Å²) in [5.41, 5.74) is 23.4. The maximum atomic E-state index is 9.12. The van der Waals surface area contributed by atoms with Gasteiger partial charge in [-0.2, -0.15) is 0 Å². The lowest BCUT2D eigenvalue weighted by Crippen LogP contribution is -2.15. The molecule has 4 heteroatoms. The first-order chi connectivity index (χ1) is 50.0. The molecule has 0 aromatic heterocycles. The molecule has 2 nitrogen and oxygen atoms in total. The Kier molecular flexibility index (Phi) is 15.5. The summed E-state index contributed by atoms with van der Waals surface area (Å²) in [4.78, 5) is 0. The van der Waals surface area contributed by atoms with Gasteiger partial charge in [0.2, 0.25) is 0 Å². The first-order valence-electron chi connectivity index (χ1n) is 35.2. The summed E-state index contributed by atoms with van der Waals surface area (Å²) < 4.78 is 6.40. The van der Waals surface area contributed by atoms with Crippen LogP contribution in [0.25, 0.3) is 164 Å². The van der Waals surface area contributed by atoms with Gasteiger partial charge in [-0.25, -0.2) is 0 Å². The molecular formula is C98H69BBrO2. The van der Waals surface area contributed by atoms with Gasteiger partial charge >= 0.3 is 7.69 Å². The van der Waals surface area contributed by atoms with Crippen molar-refractivity contribution in [1.29, 1.82) is 0 Å². The molecule has 20 rings (SSSR count). The van der Waals surface area contributed by atoms with E-state index in [2.05, 4.69) is 365 Å². The fraction of sp³-hybridized carbons (Fsp3) is 0.0612. The van der Waals surface area contributed by atoms with Crippen molar-refractivity contribution in [3.05, 3.63) is 366 Å². The highest BCUT2D eigenvalue weighted by atomic mass is 79.9. The SMILES string of the molecule is CC1(C)c2ccc(-c3cccc(-c4c5ccccc5c(-c5ccc6ccccc6c5)c5ccccc45)c3)cc2-c2ccc3ccccc3c21.CC1(C)c2ccc(Br)cc2-c2ccc3ccccc3c21.O[B]Oc1cccc(-c2c3ccccc3c(-c3ccc4ccccc4c3)c3ccccc23)c1. The molecule has 2 aliphatic carbocycles. The minimum atomic E-state index is -0.0590. The van der Waals surface area contributed by atoms with Crippen molar-refractivity contribution < 1.29 is 9.68 Å². The van der Waals surface area contributed by atoms with Crippen molar-refractivity contribution in [1.82, 2.24) is 0 Å². The molecular weight excluding hydrogens is 1300 g/mol. The number of hydrogen-bond acceptors (Lipinski definition) is 2. The van der Waals surface area contributed by atoms with Gasteiger partial charge in [-0.3, -0.25) is 0 Å². The van der Waals surface area contributed by atoms with E-state index in [0.29, 0.717) is 5.75 Å². The molecule has 18 aromatic carbocycles. The van der Waals surface area contributed by atoms with Crippen molar-refractivity contribution in [3.8, 4) is 83.6 Å². The van der Waals surface area contributed by atoms with Crippen molar-refractivity contribution in [2.45, 2.75) is 38.5 Å². The van der Waals surface area contributed by atoms with Crippen molar-refractivity contribution in [2.24, 2.45) is 0 Å². The predicted molar refractivity (Wildman–Crippen MR) is 438 cm³/mol. The predicted octanol–water partition coefficient (Wildman–Crippen LogP) is 26.9. The summed E-state index contributed by atoms with van der Waals surface area (Å²) >= 11 is 3.60. The molecule has 0 spiro atoms. The molecule has 1 radical (unpaired) electrons. The Bertz CT molecular complexity index is 6320. The third kappa shape index (κ3) is 10.5. The quantitative estimate of drug-likeness (QED) is 0.127. The van der Waals surface area contributed by atoms with E-state index in [1.54, 1.807) is 0 Å². The van der Waals surface area contributed by atoms with Crippen LogP contribution in [0.3, 0.4) is 0 Å². The Morgan fingerprint density at radius 3 is 1.02 bits per heavy atom. The van der Waals surface area contributed by atoms with Crippen LogP contribution in [-0.4, -0.2) is 12.7 Å². The molecule has 102 heavy (non-hydrogen) atoms. The summed E-state index contributed by atoms with van der Waals surface area (Å²) in [5.74, 6) is 0.599. The van der Waals surface area contributed by atoms with Gasteiger partial charge in [-0.1, -0.05) is 335 Å². The van der Waals surface area contributed by atoms with Crippen LogP contribution >= 0.6 is 15.9 Å². The second kappa shape index (κ2) is 25.2. The van der Waals surface area contributed by atoms with Crippen LogP contribution in [0.5, 0.6) is 5.75 Å². The van der Waals surface area contributed by atoms with Gasteiger partial charge in [0, 0.05) is 15.3 Å². The molecule has 1 N–H and O–H groups in total. The van der Waals surface area contributed by atoms with Gasteiger partial charge in [-0.15, -0.1) is 0 Å². The van der Waals surface area contributed by atoms with E-state index < -0.39 is 0 Å². The fourth-order valence-electron chi connectivity index (χ4n) is 17.2. The monoisotopic (exact) mass is 1370 g/mol. The molecule has 0 fully saturated rings. The highest BCUT2D eigenvalue weighted by Gasteiger charge is 2.38. The molecule has 18 aromatic rings. The van der Waals surface area contributed by atoms with E-state index >= 15 is 0 Å². The van der Waals surface area contributed by atoms with Gasteiger partial charge < -0.3 is 9.68 Å².